The van der Waals surface area contributed by atoms with Crippen LogP contribution in [0.5, 0.6) is 0 Å². The number of imidazole rings is 1. The standard InChI is InChI=1S/C22H33F2N5/c1-16-4-6-17(7-5-16)29(9-3-8-28-12-10-27(2)11-13-28)22-25-20-14-18(23)19(24)15-21(20)26-22/h14-17H,3-13H2,1-2H3,(H,25,26). The minimum atomic E-state index is -0.844. The lowest BCUT2D eigenvalue weighted by molar-refractivity contribution is 0.153. The van der Waals surface area contributed by atoms with Gasteiger partial charge in [0, 0.05) is 50.9 Å². The molecule has 1 aliphatic heterocycles. The highest BCUT2D eigenvalue weighted by Gasteiger charge is 2.26. The number of halogens is 2. The Bertz CT molecular complexity index is 768. The molecule has 2 aromatic rings. The average molecular weight is 406 g/mol. The molecule has 1 aromatic carbocycles. The minimum Gasteiger partial charge on any atom is -0.339 e. The van der Waals surface area contributed by atoms with Crippen molar-refractivity contribution in [3.63, 3.8) is 0 Å². The van der Waals surface area contributed by atoms with Gasteiger partial charge in [0.1, 0.15) is 0 Å². The molecule has 0 spiro atoms. The molecule has 2 heterocycles. The maximum atomic E-state index is 13.6. The van der Waals surface area contributed by atoms with E-state index >= 15 is 0 Å². The topological polar surface area (TPSA) is 38.4 Å². The normalized spacial score (nSPS) is 24.3. The summed E-state index contributed by atoms with van der Waals surface area (Å²) in [5.74, 6) is -0.148. The highest BCUT2D eigenvalue weighted by Crippen LogP contribution is 2.30. The Morgan fingerprint density at radius 1 is 1.07 bits per heavy atom. The van der Waals surface area contributed by atoms with Crippen LogP contribution in [-0.2, 0) is 0 Å². The fourth-order valence-electron chi connectivity index (χ4n) is 4.68. The number of hydrogen-bond donors (Lipinski definition) is 1. The molecule has 1 saturated heterocycles. The van der Waals surface area contributed by atoms with Crippen LogP contribution in [0.15, 0.2) is 12.1 Å². The Morgan fingerprint density at radius 2 is 1.76 bits per heavy atom. The lowest BCUT2D eigenvalue weighted by Gasteiger charge is -2.37. The molecule has 1 aromatic heterocycles. The fraction of sp³-hybridized carbons (Fsp3) is 0.682. The van der Waals surface area contributed by atoms with E-state index < -0.39 is 11.6 Å². The number of rotatable bonds is 6. The summed E-state index contributed by atoms with van der Waals surface area (Å²) in [6, 6.07) is 2.84. The maximum absolute atomic E-state index is 13.6. The second kappa shape index (κ2) is 8.96. The maximum Gasteiger partial charge on any atom is 0.204 e. The van der Waals surface area contributed by atoms with E-state index in [2.05, 4.69) is 38.6 Å². The third-order valence-corrected chi connectivity index (χ3v) is 6.68. The van der Waals surface area contributed by atoms with Crippen molar-refractivity contribution in [1.29, 1.82) is 0 Å². The van der Waals surface area contributed by atoms with Gasteiger partial charge in [0.05, 0.1) is 11.0 Å². The fourth-order valence-corrected chi connectivity index (χ4v) is 4.68. The second-order valence-electron chi connectivity index (χ2n) is 8.95. The first-order chi connectivity index (χ1) is 14.0. The van der Waals surface area contributed by atoms with Crippen LogP contribution in [0.2, 0.25) is 0 Å². The van der Waals surface area contributed by atoms with E-state index in [1.165, 1.54) is 25.0 Å². The molecule has 0 unspecified atom stereocenters. The molecule has 29 heavy (non-hydrogen) atoms. The molecule has 2 fully saturated rings. The predicted octanol–water partition coefficient (Wildman–Crippen LogP) is 3.86. The zero-order valence-corrected chi connectivity index (χ0v) is 17.6. The lowest BCUT2D eigenvalue weighted by atomic mass is 9.86. The SMILES string of the molecule is CC1CCC(N(CCCN2CCN(C)CC2)c2nc3cc(F)c(F)cc3[nH]2)CC1. The number of hydrogen-bond acceptors (Lipinski definition) is 4. The van der Waals surface area contributed by atoms with Gasteiger partial charge in [-0.25, -0.2) is 13.8 Å². The van der Waals surface area contributed by atoms with Crippen LogP contribution in [0.4, 0.5) is 14.7 Å². The number of benzene rings is 1. The van der Waals surface area contributed by atoms with Gasteiger partial charge < -0.3 is 19.7 Å². The lowest BCUT2D eigenvalue weighted by Crippen LogP contribution is -2.46. The quantitative estimate of drug-likeness (QED) is 0.792. The summed E-state index contributed by atoms with van der Waals surface area (Å²) in [4.78, 5) is 15.1. The van der Waals surface area contributed by atoms with Gasteiger partial charge in [-0.05, 0) is 51.6 Å². The van der Waals surface area contributed by atoms with Crippen LogP contribution in [0.1, 0.15) is 39.0 Å². The second-order valence-corrected chi connectivity index (χ2v) is 8.95. The van der Waals surface area contributed by atoms with Crippen molar-refractivity contribution in [3.8, 4) is 0 Å². The third kappa shape index (κ3) is 4.89. The van der Waals surface area contributed by atoms with E-state index in [1.807, 2.05) is 0 Å². The van der Waals surface area contributed by atoms with E-state index in [4.69, 9.17) is 0 Å². The largest absolute Gasteiger partial charge is 0.339 e. The summed E-state index contributed by atoms with van der Waals surface area (Å²) in [6.45, 7) is 8.82. The number of piperazine rings is 1. The summed E-state index contributed by atoms with van der Waals surface area (Å²) in [6.07, 6.45) is 5.81. The molecule has 2 aliphatic rings. The number of H-pyrrole nitrogens is 1. The smallest absolute Gasteiger partial charge is 0.204 e. The van der Waals surface area contributed by atoms with E-state index in [9.17, 15) is 8.78 Å². The number of anilines is 1. The van der Waals surface area contributed by atoms with Gasteiger partial charge in [-0.2, -0.15) is 0 Å². The summed E-state index contributed by atoms with van der Waals surface area (Å²) in [5, 5.41) is 0. The first kappa shape index (κ1) is 20.5. The van der Waals surface area contributed by atoms with E-state index in [0.29, 0.717) is 17.1 Å². The molecule has 0 radical (unpaired) electrons. The van der Waals surface area contributed by atoms with Gasteiger partial charge in [0.25, 0.3) is 0 Å². The molecule has 0 amide bonds. The Kier molecular flexibility index (Phi) is 6.35. The molecule has 1 N–H and O–H groups in total. The van der Waals surface area contributed by atoms with Crippen LogP contribution < -0.4 is 4.90 Å². The summed E-state index contributed by atoms with van der Waals surface area (Å²) < 4.78 is 27.3. The molecule has 1 aliphatic carbocycles. The minimum absolute atomic E-state index is 0.439. The van der Waals surface area contributed by atoms with Crippen LogP contribution in [-0.4, -0.2) is 72.1 Å². The zero-order chi connectivity index (χ0) is 20.4. The molecule has 0 atom stereocenters. The number of aromatic nitrogens is 2. The van der Waals surface area contributed by atoms with Crippen LogP contribution in [0, 0.1) is 17.6 Å². The molecule has 5 nitrogen and oxygen atoms in total. The molecule has 160 valence electrons. The van der Waals surface area contributed by atoms with Crippen molar-refractivity contribution in [2.75, 3.05) is 51.2 Å². The molecule has 0 bridgehead atoms. The van der Waals surface area contributed by atoms with Gasteiger partial charge in [0.2, 0.25) is 5.95 Å². The van der Waals surface area contributed by atoms with Crippen molar-refractivity contribution in [3.05, 3.63) is 23.8 Å². The Labute approximate surface area is 172 Å². The van der Waals surface area contributed by atoms with Crippen molar-refractivity contribution in [2.24, 2.45) is 5.92 Å². The Balaban J connectivity index is 1.47. The third-order valence-electron chi connectivity index (χ3n) is 6.68. The van der Waals surface area contributed by atoms with Crippen molar-refractivity contribution >= 4 is 17.0 Å². The number of likely N-dealkylation sites (N-methyl/N-ethyl adjacent to an activating group) is 1. The van der Waals surface area contributed by atoms with E-state index in [0.717, 1.165) is 70.4 Å². The highest BCUT2D eigenvalue weighted by atomic mass is 19.2. The predicted molar refractivity (Wildman–Crippen MR) is 113 cm³/mol. The molecular weight excluding hydrogens is 372 g/mol. The first-order valence-electron chi connectivity index (χ1n) is 11.0. The highest BCUT2D eigenvalue weighted by molar-refractivity contribution is 5.77. The van der Waals surface area contributed by atoms with Gasteiger partial charge in [0.15, 0.2) is 11.6 Å². The van der Waals surface area contributed by atoms with Crippen LogP contribution in [0.3, 0.4) is 0 Å². The summed E-state index contributed by atoms with van der Waals surface area (Å²) >= 11 is 0. The zero-order valence-electron chi connectivity index (χ0n) is 17.6. The molecular formula is C22H33F2N5. The van der Waals surface area contributed by atoms with Gasteiger partial charge >= 0.3 is 0 Å². The number of aromatic amines is 1. The number of fused-ring (bicyclic) bond motifs is 1. The Hall–Kier alpha value is -1.73. The molecule has 7 heteroatoms. The summed E-state index contributed by atoms with van der Waals surface area (Å²) in [7, 11) is 2.18. The number of nitrogens with one attached hydrogen (secondary N) is 1. The van der Waals surface area contributed by atoms with Crippen LogP contribution in [0.25, 0.3) is 11.0 Å². The number of nitrogens with zero attached hydrogens (tertiary/aromatic N) is 4. The average Bonchev–Trinajstić information content (AvgIpc) is 3.10. The molecule has 4 rings (SSSR count). The van der Waals surface area contributed by atoms with Gasteiger partial charge in [-0.15, -0.1) is 0 Å². The van der Waals surface area contributed by atoms with Gasteiger partial charge in [-0.1, -0.05) is 6.92 Å². The van der Waals surface area contributed by atoms with Crippen molar-refractivity contribution in [1.82, 2.24) is 19.8 Å². The van der Waals surface area contributed by atoms with E-state index in [1.54, 1.807) is 0 Å². The Morgan fingerprint density at radius 3 is 2.48 bits per heavy atom. The van der Waals surface area contributed by atoms with Gasteiger partial charge in [-0.3, -0.25) is 0 Å². The van der Waals surface area contributed by atoms with Crippen molar-refractivity contribution in [2.45, 2.75) is 45.1 Å². The summed E-state index contributed by atoms with van der Waals surface area (Å²) in [5.41, 5.74) is 1.05. The first-order valence-corrected chi connectivity index (χ1v) is 11.0. The van der Waals surface area contributed by atoms with E-state index in [-0.39, 0.29) is 0 Å². The monoisotopic (exact) mass is 405 g/mol. The van der Waals surface area contributed by atoms with Crippen molar-refractivity contribution < 1.29 is 8.78 Å². The van der Waals surface area contributed by atoms with Crippen LogP contribution >= 0.6 is 0 Å². The molecule has 1 saturated carbocycles.